The first-order valence-corrected chi connectivity index (χ1v) is 10.6. The minimum Gasteiger partial charge on any atom is -0.497 e. The Bertz CT molecular complexity index is 710. The molecule has 29 heavy (non-hydrogen) atoms. The number of hydrogen-bond acceptors (Lipinski definition) is 4. The molecular weight excluding hydrogens is 368 g/mol. The van der Waals surface area contributed by atoms with Crippen molar-refractivity contribution in [2.45, 2.75) is 38.5 Å². The highest BCUT2D eigenvalue weighted by Gasteiger charge is 2.24. The van der Waals surface area contributed by atoms with E-state index in [0.29, 0.717) is 44.1 Å². The van der Waals surface area contributed by atoms with Gasteiger partial charge in [0, 0.05) is 44.7 Å². The molecule has 2 aliphatic rings. The third kappa shape index (κ3) is 5.99. The summed E-state index contributed by atoms with van der Waals surface area (Å²) in [6, 6.07) is 5.50. The molecule has 1 saturated heterocycles. The number of piperazine rings is 1. The predicted molar refractivity (Wildman–Crippen MR) is 113 cm³/mol. The lowest BCUT2D eigenvalue weighted by molar-refractivity contribution is -0.137. The summed E-state index contributed by atoms with van der Waals surface area (Å²) in [6.45, 7) is 2.41. The van der Waals surface area contributed by atoms with Crippen molar-refractivity contribution in [3.8, 4) is 11.5 Å². The summed E-state index contributed by atoms with van der Waals surface area (Å²) in [5.74, 6) is 2.30. The maximum Gasteiger partial charge on any atom is 0.246 e. The Balaban J connectivity index is 1.47. The normalized spacial score (nSPS) is 17.7. The van der Waals surface area contributed by atoms with Crippen molar-refractivity contribution in [3.63, 3.8) is 0 Å². The number of ether oxygens (including phenoxy) is 2. The van der Waals surface area contributed by atoms with Crippen LogP contribution in [0.3, 0.4) is 0 Å². The van der Waals surface area contributed by atoms with Crippen molar-refractivity contribution in [2.24, 2.45) is 5.92 Å². The molecule has 2 fully saturated rings. The molecule has 0 bridgehead atoms. The van der Waals surface area contributed by atoms with Crippen molar-refractivity contribution in [2.75, 3.05) is 40.4 Å². The molecule has 0 radical (unpaired) electrons. The molecule has 0 spiro atoms. The third-order valence-electron chi connectivity index (χ3n) is 5.98. The number of rotatable bonds is 7. The Morgan fingerprint density at radius 2 is 1.55 bits per heavy atom. The van der Waals surface area contributed by atoms with Crippen molar-refractivity contribution in [1.82, 2.24) is 9.80 Å². The van der Waals surface area contributed by atoms with E-state index in [1.165, 1.54) is 25.7 Å². The average molecular weight is 401 g/mol. The Morgan fingerprint density at radius 3 is 2.14 bits per heavy atom. The van der Waals surface area contributed by atoms with Gasteiger partial charge in [-0.25, -0.2) is 0 Å². The zero-order chi connectivity index (χ0) is 20.6. The molecule has 1 aliphatic carbocycles. The van der Waals surface area contributed by atoms with Gasteiger partial charge in [0.1, 0.15) is 11.5 Å². The molecule has 0 aromatic heterocycles. The second-order valence-corrected chi connectivity index (χ2v) is 7.87. The van der Waals surface area contributed by atoms with Gasteiger partial charge in [0.25, 0.3) is 0 Å². The zero-order valence-corrected chi connectivity index (χ0v) is 17.6. The first-order chi connectivity index (χ1) is 14.1. The van der Waals surface area contributed by atoms with Crippen molar-refractivity contribution in [1.29, 1.82) is 0 Å². The summed E-state index contributed by atoms with van der Waals surface area (Å²) in [4.78, 5) is 28.7. The van der Waals surface area contributed by atoms with E-state index in [9.17, 15) is 9.59 Å². The number of benzene rings is 1. The second kappa shape index (κ2) is 10.3. The third-order valence-corrected chi connectivity index (χ3v) is 5.98. The van der Waals surface area contributed by atoms with E-state index in [0.717, 1.165) is 17.9 Å². The number of hydrogen-bond donors (Lipinski definition) is 0. The highest BCUT2D eigenvalue weighted by atomic mass is 16.5. The Morgan fingerprint density at radius 1 is 0.966 bits per heavy atom. The van der Waals surface area contributed by atoms with E-state index in [1.807, 2.05) is 17.0 Å². The number of methoxy groups -OCH3 is 2. The fourth-order valence-corrected chi connectivity index (χ4v) is 4.16. The standard InChI is InChI=1S/C23H32N2O4/c1-28-20-15-19(16-21(17-20)29-2)8-10-23(27)25-13-11-24(12-14-25)22(26)9-7-18-5-3-4-6-18/h8,10,15-18H,3-7,9,11-14H2,1-2H3/b10-8+. The van der Waals surface area contributed by atoms with Gasteiger partial charge in [0.2, 0.25) is 11.8 Å². The molecule has 6 nitrogen and oxygen atoms in total. The van der Waals surface area contributed by atoms with Crippen LogP contribution in [0.2, 0.25) is 0 Å². The van der Waals surface area contributed by atoms with Crippen LogP contribution < -0.4 is 9.47 Å². The van der Waals surface area contributed by atoms with Crippen LogP contribution in [-0.2, 0) is 9.59 Å². The number of amides is 2. The van der Waals surface area contributed by atoms with Crippen LogP contribution in [-0.4, -0.2) is 62.0 Å². The first kappa shape index (κ1) is 21.2. The topological polar surface area (TPSA) is 59.1 Å². The number of carbonyl (C=O) groups excluding carboxylic acids is 2. The molecular formula is C23H32N2O4. The molecule has 2 amide bonds. The fraction of sp³-hybridized carbons (Fsp3) is 0.565. The van der Waals surface area contributed by atoms with Gasteiger partial charge in [-0.15, -0.1) is 0 Å². The van der Waals surface area contributed by atoms with Gasteiger partial charge >= 0.3 is 0 Å². The summed E-state index contributed by atoms with van der Waals surface area (Å²) in [5.41, 5.74) is 0.843. The largest absolute Gasteiger partial charge is 0.497 e. The molecule has 1 saturated carbocycles. The molecule has 1 aliphatic heterocycles. The molecule has 3 rings (SSSR count). The minimum atomic E-state index is -0.0372. The lowest BCUT2D eigenvalue weighted by atomic mass is 10.0. The van der Waals surface area contributed by atoms with Gasteiger partial charge in [-0.3, -0.25) is 9.59 Å². The first-order valence-electron chi connectivity index (χ1n) is 10.6. The maximum atomic E-state index is 12.5. The number of nitrogens with zero attached hydrogens (tertiary/aromatic N) is 2. The van der Waals surface area contributed by atoms with Gasteiger partial charge < -0.3 is 19.3 Å². The van der Waals surface area contributed by atoms with E-state index in [4.69, 9.17) is 9.47 Å². The van der Waals surface area contributed by atoms with E-state index in [1.54, 1.807) is 37.3 Å². The van der Waals surface area contributed by atoms with Crippen LogP contribution in [0.4, 0.5) is 0 Å². The molecule has 6 heteroatoms. The highest BCUT2D eigenvalue weighted by molar-refractivity contribution is 5.92. The molecule has 1 aromatic carbocycles. The molecule has 0 atom stereocenters. The van der Waals surface area contributed by atoms with Crippen LogP contribution in [0.5, 0.6) is 11.5 Å². The van der Waals surface area contributed by atoms with Crippen molar-refractivity contribution >= 4 is 17.9 Å². The second-order valence-electron chi connectivity index (χ2n) is 7.87. The zero-order valence-electron chi connectivity index (χ0n) is 17.6. The molecule has 1 aromatic rings. The SMILES string of the molecule is COc1cc(/C=C/C(=O)N2CCN(C(=O)CCC3CCCC3)CC2)cc(OC)c1. The average Bonchev–Trinajstić information content (AvgIpc) is 3.29. The van der Waals surface area contributed by atoms with Crippen LogP contribution in [0.1, 0.15) is 44.1 Å². The highest BCUT2D eigenvalue weighted by Crippen LogP contribution is 2.28. The lowest BCUT2D eigenvalue weighted by Gasteiger charge is -2.34. The fourth-order valence-electron chi connectivity index (χ4n) is 4.16. The van der Waals surface area contributed by atoms with Gasteiger partial charge in [-0.1, -0.05) is 25.7 Å². The quantitative estimate of drug-likeness (QED) is 0.659. The Kier molecular flexibility index (Phi) is 7.55. The van der Waals surface area contributed by atoms with Crippen LogP contribution in [0.25, 0.3) is 6.08 Å². The Hall–Kier alpha value is -2.50. The molecule has 0 unspecified atom stereocenters. The van der Waals surface area contributed by atoms with Crippen LogP contribution in [0, 0.1) is 5.92 Å². The van der Waals surface area contributed by atoms with Crippen molar-refractivity contribution < 1.29 is 19.1 Å². The Labute approximate surface area is 173 Å². The summed E-state index contributed by atoms with van der Waals surface area (Å²) < 4.78 is 10.5. The van der Waals surface area contributed by atoms with Crippen LogP contribution >= 0.6 is 0 Å². The van der Waals surface area contributed by atoms with Crippen molar-refractivity contribution in [3.05, 3.63) is 29.8 Å². The molecule has 0 N–H and O–H groups in total. The van der Waals surface area contributed by atoms with Gasteiger partial charge in [0.05, 0.1) is 14.2 Å². The predicted octanol–water partition coefficient (Wildman–Crippen LogP) is 3.36. The van der Waals surface area contributed by atoms with Crippen LogP contribution in [0.15, 0.2) is 24.3 Å². The van der Waals surface area contributed by atoms with Gasteiger partial charge in [0.15, 0.2) is 0 Å². The molecule has 1 heterocycles. The summed E-state index contributed by atoms with van der Waals surface area (Å²) in [5, 5.41) is 0. The lowest BCUT2D eigenvalue weighted by Crippen LogP contribution is -2.50. The smallest absolute Gasteiger partial charge is 0.246 e. The van der Waals surface area contributed by atoms with E-state index >= 15 is 0 Å². The molecule has 158 valence electrons. The number of carbonyl (C=O) groups is 2. The maximum absolute atomic E-state index is 12.5. The van der Waals surface area contributed by atoms with Gasteiger partial charge in [-0.05, 0) is 36.1 Å². The van der Waals surface area contributed by atoms with E-state index in [-0.39, 0.29) is 11.8 Å². The summed E-state index contributed by atoms with van der Waals surface area (Å²) in [7, 11) is 3.20. The summed E-state index contributed by atoms with van der Waals surface area (Å²) >= 11 is 0. The van der Waals surface area contributed by atoms with E-state index < -0.39 is 0 Å². The van der Waals surface area contributed by atoms with E-state index in [2.05, 4.69) is 0 Å². The summed E-state index contributed by atoms with van der Waals surface area (Å²) in [6.07, 6.45) is 10.2. The monoisotopic (exact) mass is 400 g/mol. The van der Waals surface area contributed by atoms with Gasteiger partial charge in [-0.2, -0.15) is 0 Å². The minimum absolute atomic E-state index is 0.0372.